The molecule has 0 aromatic heterocycles. The molecule has 0 spiro atoms. The van der Waals surface area contributed by atoms with Crippen molar-refractivity contribution in [2.75, 3.05) is 11.9 Å². The van der Waals surface area contributed by atoms with E-state index in [0.717, 1.165) is 12.2 Å². The maximum absolute atomic E-state index is 11.9. The number of carboxylic acids is 1. The lowest BCUT2D eigenvalue weighted by Gasteiger charge is -2.36. The minimum atomic E-state index is -0.870. The molecular weight excluding hydrogens is 258 g/mol. The molecule has 2 N–H and O–H groups in total. The van der Waals surface area contributed by atoms with Gasteiger partial charge in [-0.25, -0.2) is 0 Å². The molecule has 1 aliphatic carbocycles. The molecule has 1 fully saturated rings. The van der Waals surface area contributed by atoms with Gasteiger partial charge in [0.25, 0.3) is 0 Å². The second-order valence-corrected chi connectivity index (χ2v) is 5.12. The van der Waals surface area contributed by atoms with E-state index in [4.69, 9.17) is 4.74 Å². The molecule has 5 nitrogen and oxygen atoms in total. The highest BCUT2D eigenvalue weighted by Crippen LogP contribution is 2.44. The summed E-state index contributed by atoms with van der Waals surface area (Å²) >= 11 is 0. The number of ether oxygens (including phenoxy) is 1. The smallest absolute Gasteiger partial charge is 0.310 e. The van der Waals surface area contributed by atoms with Gasteiger partial charge in [-0.2, -0.15) is 0 Å². The van der Waals surface area contributed by atoms with Crippen molar-refractivity contribution in [1.29, 1.82) is 0 Å². The normalized spacial score (nSPS) is 16.1. The number of carbonyl (C=O) groups is 2. The molecule has 0 saturated heterocycles. The Labute approximate surface area is 117 Å². The number of rotatable bonds is 6. The van der Waals surface area contributed by atoms with Gasteiger partial charge in [-0.15, -0.1) is 0 Å². The van der Waals surface area contributed by atoms with Gasteiger partial charge in [0.15, 0.2) is 0 Å². The van der Waals surface area contributed by atoms with Crippen LogP contribution in [0.15, 0.2) is 24.3 Å². The first-order valence-electron chi connectivity index (χ1n) is 6.82. The number of hydrogen-bond acceptors (Lipinski definition) is 3. The minimum absolute atomic E-state index is 0.0372. The van der Waals surface area contributed by atoms with E-state index in [1.165, 1.54) is 0 Å². The van der Waals surface area contributed by atoms with Crippen molar-refractivity contribution < 1.29 is 19.4 Å². The van der Waals surface area contributed by atoms with E-state index in [-0.39, 0.29) is 12.3 Å². The summed E-state index contributed by atoms with van der Waals surface area (Å²) in [6.07, 6.45) is 2.08. The lowest BCUT2D eigenvalue weighted by atomic mass is 9.66. The molecule has 2 rings (SSSR count). The van der Waals surface area contributed by atoms with E-state index >= 15 is 0 Å². The molecule has 1 aromatic rings. The van der Waals surface area contributed by atoms with Gasteiger partial charge in [-0.05, 0) is 44.0 Å². The quantitative estimate of drug-likeness (QED) is 0.838. The molecule has 0 radical (unpaired) electrons. The van der Waals surface area contributed by atoms with Crippen LogP contribution in [0.1, 0.15) is 32.6 Å². The van der Waals surface area contributed by atoms with E-state index < -0.39 is 11.4 Å². The number of carboxylic acid groups (broad SMARTS) is 1. The molecule has 0 heterocycles. The Balaban J connectivity index is 1.92. The lowest BCUT2D eigenvalue weighted by Crippen LogP contribution is -2.41. The fourth-order valence-electron chi connectivity index (χ4n) is 2.38. The minimum Gasteiger partial charge on any atom is -0.494 e. The first-order valence-corrected chi connectivity index (χ1v) is 6.82. The van der Waals surface area contributed by atoms with Crippen molar-refractivity contribution in [3.05, 3.63) is 24.3 Å². The molecule has 0 atom stereocenters. The Kier molecular flexibility index (Phi) is 4.27. The summed E-state index contributed by atoms with van der Waals surface area (Å²) in [5.74, 6) is -0.381. The molecule has 0 unspecified atom stereocenters. The molecule has 1 aliphatic rings. The summed E-state index contributed by atoms with van der Waals surface area (Å²) in [7, 11) is 0. The van der Waals surface area contributed by atoms with Gasteiger partial charge in [0.1, 0.15) is 5.75 Å². The second kappa shape index (κ2) is 5.94. The highest BCUT2D eigenvalue weighted by molar-refractivity contribution is 5.94. The van der Waals surface area contributed by atoms with Crippen LogP contribution in [0.4, 0.5) is 5.69 Å². The summed E-state index contributed by atoms with van der Waals surface area (Å²) in [4.78, 5) is 23.1. The molecule has 108 valence electrons. The summed E-state index contributed by atoms with van der Waals surface area (Å²) < 4.78 is 5.31. The lowest BCUT2D eigenvalue weighted by molar-refractivity contribution is -0.157. The molecule has 1 amide bonds. The molecule has 0 bridgehead atoms. The van der Waals surface area contributed by atoms with Gasteiger partial charge in [-0.3, -0.25) is 9.59 Å². The predicted octanol–water partition coefficient (Wildman–Crippen LogP) is 2.67. The third-order valence-corrected chi connectivity index (χ3v) is 3.71. The van der Waals surface area contributed by atoms with Crippen molar-refractivity contribution in [2.24, 2.45) is 5.41 Å². The summed E-state index contributed by atoms with van der Waals surface area (Å²) in [5, 5.41) is 11.9. The molecular formula is C15H19NO4. The topological polar surface area (TPSA) is 75.6 Å². The number of nitrogens with one attached hydrogen (secondary N) is 1. The highest BCUT2D eigenvalue weighted by Gasteiger charge is 2.45. The molecule has 0 aliphatic heterocycles. The summed E-state index contributed by atoms with van der Waals surface area (Å²) in [6, 6.07) is 7.04. The standard InChI is InChI=1S/C15H19NO4/c1-2-20-12-6-4-11(5-7-12)16-13(17)10-15(14(18)19)8-3-9-15/h4-7H,2-3,8-10H2,1H3,(H,16,17)(H,18,19). The Morgan fingerprint density at radius 3 is 2.40 bits per heavy atom. The average molecular weight is 277 g/mol. The van der Waals surface area contributed by atoms with E-state index in [1.807, 2.05) is 6.92 Å². The van der Waals surface area contributed by atoms with Crippen molar-refractivity contribution in [3.63, 3.8) is 0 Å². The van der Waals surface area contributed by atoms with Crippen LogP contribution in [0.25, 0.3) is 0 Å². The van der Waals surface area contributed by atoms with Crippen LogP contribution in [0, 0.1) is 5.41 Å². The van der Waals surface area contributed by atoms with Crippen LogP contribution in [0.3, 0.4) is 0 Å². The number of carbonyl (C=O) groups excluding carboxylic acids is 1. The van der Waals surface area contributed by atoms with Gasteiger partial charge in [0, 0.05) is 12.1 Å². The molecule has 1 aromatic carbocycles. The Morgan fingerprint density at radius 1 is 1.30 bits per heavy atom. The number of benzene rings is 1. The summed E-state index contributed by atoms with van der Waals surface area (Å²) in [5.41, 5.74) is -0.201. The SMILES string of the molecule is CCOc1ccc(NC(=O)CC2(C(=O)O)CCC2)cc1. The number of anilines is 1. The van der Waals surface area contributed by atoms with Gasteiger partial charge >= 0.3 is 5.97 Å². The van der Waals surface area contributed by atoms with Crippen molar-refractivity contribution in [1.82, 2.24) is 0 Å². The van der Waals surface area contributed by atoms with Crippen LogP contribution < -0.4 is 10.1 Å². The Bertz CT molecular complexity index is 491. The van der Waals surface area contributed by atoms with Crippen molar-refractivity contribution in [3.8, 4) is 5.75 Å². The molecule has 1 saturated carbocycles. The Hall–Kier alpha value is -2.04. The van der Waals surface area contributed by atoms with E-state index in [2.05, 4.69) is 5.32 Å². The van der Waals surface area contributed by atoms with Crippen molar-refractivity contribution >= 4 is 17.6 Å². The van der Waals surface area contributed by atoms with Crippen molar-refractivity contribution in [2.45, 2.75) is 32.6 Å². The Morgan fingerprint density at radius 2 is 1.95 bits per heavy atom. The van der Waals surface area contributed by atoms with Gasteiger partial charge in [-0.1, -0.05) is 6.42 Å². The highest BCUT2D eigenvalue weighted by atomic mass is 16.5. The first-order chi connectivity index (χ1) is 9.55. The zero-order valence-corrected chi connectivity index (χ0v) is 11.5. The van der Waals surface area contributed by atoms with E-state index in [9.17, 15) is 14.7 Å². The predicted molar refractivity (Wildman–Crippen MR) is 74.8 cm³/mol. The fourth-order valence-corrected chi connectivity index (χ4v) is 2.38. The zero-order valence-electron chi connectivity index (χ0n) is 11.5. The van der Waals surface area contributed by atoms with Gasteiger partial charge in [0.2, 0.25) is 5.91 Å². The van der Waals surface area contributed by atoms with E-state index in [1.54, 1.807) is 24.3 Å². The van der Waals surface area contributed by atoms with Crippen LogP contribution in [-0.4, -0.2) is 23.6 Å². The summed E-state index contributed by atoms with van der Waals surface area (Å²) in [6.45, 7) is 2.49. The molecule has 20 heavy (non-hydrogen) atoms. The number of amides is 1. The monoisotopic (exact) mass is 277 g/mol. The number of aliphatic carboxylic acids is 1. The van der Waals surface area contributed by atoms with Crippen LogP contribution in [-0.2, 0) is 9.59 Å². The third-order valence-electron chi connectivity index (χ3n) is 3.71. The second-order valence-electron chi connectivity index (χ2n) is 5.12. The largest absolute Gasteiger partial charge is 0.494 e. The zero-order chi connectivity index (χ0) is 14.6. The maximum atomic E-state index is 11.9. The average Bonchev–Trinajstić information content (AvgIpc) is 2.36. The number of hydrogen-bond donors (Lipinski definition) is 2. The fraction of sp³-hybridized carbons (Fsp3) is 0.467. The maximum Gasteiger partial charge on any atom is 0.310 e. The van der Waals surface area contributed by atoms with Crippen LogP contribution >= 0.6 is 0 Å². The van der Waals surface area contributed by atoms with Crippen LogP contribution in [0.5, 0.6) is 5.75 Å². The first kappa shape index (κ1) is 14.4. The third kappa shape index (κ3) is 3.10. The van der Waals surface area contributed by atoms with Gasteiger partial charge in [0.05, 0.1) is 12.0 Å². The molecule has 5 heteroatoms. The van der Waals surface area contributed by atoms with Crippen LogP contribution in [0.2, 0.25) is 0 Å². The van der Waals surface area contributed by atoms with E-state index in [0.29, 0.717) is 25.1 Å². The van der Waals surface area contributed by atoms with Gasteiger partial charge < -0.3 is 15.2 Å².